The smallest absolute Gasteiger partial charge is 0.292 e. The van der Waals surface area contributed by atoms with Crippen LogP contribution in [0.5, 0.6) is 0 Å². The Morgan fingerprint density at radius 2 is 2.00 bits per heavy atom. The van der Waals surface area contributed by atoms with E-state index in [1.807, 2.05) is 19.1 Å². The molecule has 6 nitrogen and oxygen atoms in total. The maximum atomic E-state index is 12.2. The summed E-state index contributed by atoms with van der Waals surface area (Å²) in [7, 11) is 0. The summed E-state index contributed by atoms with van der Waals surface area (Å²) in [6.45, 7) is 1.90. The number of halogens is 1. The van der Waals surface area contributed by atoms with Crippen molar-refractivity contribution in [3.05, 3.63) is 62.1 Å². The van der Waals surface area contributed by atoms with Crippen LogP contribution in [0.15, 0.2) is 40.9 Å². The molecule has 0 aromatic heterocycles. The molecule has 0 fully saturated rings. The molecule has 0 unspecified atom stereocenters. The van der Waals surface area contributed by atoms with Gasteiger partial charge >= 0.3 is 0 Å². The number of nitrogens with two attached hydrogens (primary N) is 1. The molecule has 7 heteroatoms. The average molecular weight is 350 g/mol. The molecule has 108 valence electrons. The molecule has 1 amide bonds. The first-order chi connectivity index (χ1) is 9.88. The number of carbonyl (C=O) groups excluding carboxylic acids is 1. The van der Waals surface area contributed by atoms with Crippen LogP contribution in [0.4, 0.5) is 17.1 Å². The van der Waals surface area contributed by atoms with E-state index in [-0.39, 0.29) is 16.9 Å². The number of rotatable bonds is 3. The Balaban J connectivity index is 2.30. The predicted octanol–water partition coefficient (Wildman–Crippen LogP) is 3.50. The maximum absolute atomic E-state index is 12.2. The number of hydrogen-bond acceptors (Lipinski definition) is 4. The predicted molar refractivity (Wildman–Crippen MR) is 84.3 cm³/mol. The lowest BCUT2D eigenvalue weighted by molar-refractivity contribution is -0.383. The molecule has 0 heterocycles. The molecule has 21 heavy (non-hydrogen) atoms. The number of hydrogen-bond donors (Lipinski definition) is 2. The summed E-state index contributed by atoms with van der Waals surface area (Å²) in [5.41, 5.74) is 6.99. The molecule has 0 aliphatic rings. The van der Waals surface area contributed by atoms with Gasteiger partial charge in [-0.2, -0.15) is 0 Å². The first-order valence-corrected chi connectivity index (χ1v) is 6.79. The van der Waals surface area contributed by atoms with E-state index in [2.05, 4.69) is 21.2 Å². The van der Waals surface area contributed by atoms with Crippen LogP contribution in [0.25, 0.3) is 0 Å². The van der Waals surface area contributed by atoms with Gasteiger partial charge in [-0.1, -0.05) is 6.07 Å². The van der Waals surface area contributed by atoms with Crippen LogP contribution in [-0.2, 0) is 0 Å². The number of anilines is 2. The Hall–Kier alpha value is -2.41. The highest BCUT2D eigenvalue weighted by molar-refractivity contribution is 9.10. The van der Waals surface area contributed by atoms with Crippen LogP contribution in [0.2, 0.25) is 0 Å². The standard InChI is InChI=1S/C14H12BrN3O3/c1-8-2-4-10(15)12(6-8)17-14(19)9-3-5-11(16)13(7-9)18(20)21/h2-7H,16H2,1H3,(H,17,19). The fraction of sp³-hybridized carbons (Fsp3) is 0.0714. The topological polar surface area (TPSA) is 98.3 Å². The van der Waals surface area contributed by atoms with Gasteiger partial charge in [0.25, 0.3) is 11.6 Å². The lowest BCUT2D eigenvalue weighted by Crippen LogP contribution is -2.13. The number of aryl methyl sites for hydroxylation is 1. The molecule has 0 bridgehead atoms. The van der Waals surface area contributed by atoms with Gasteiger partial charge in [0, 0.05) is 16.1 Å². The maximum Gasteiger partial charge on any atom is 0.292 e. The van der Waals surface area contributed by atoms with E-state index >= 15 is 0 Å². The summed E-state index contributed by atoms with van der Waals surface area (Å²) in [4.78, 5) is 22.4. The summed E-state index contributed by atoms with van der Waals surface area (Å²) < 4.78 is 0.728. The summed E-state index contributed by atoms with van der Waals surface area (Å²) in [6.07, 6.45) is 0. The van der Waals surface area contributed by atoms with Crippen molar-refractivity contribution < 1.29 is 9.72 Å². The number of benzene rings is 2. The zero-order valence-corrected chi connectivity index (χ0v) is 12.7. The molecule has 0 saturated heterocycles. The van der Waals surface area contributed by atoms with Crippen LogP contribution < -0.4 is 11.1 Å². The van der Waals surface area contributed by atoms with Crippen molar-refractivity contribution >= 4 is 38.9 Å². The summed E-state index contributed by atoms with van der Waals surface area (Å²) >= 11 is 3.34. The van der Waals surface area contributed by atoms with Crippen molar-refractivity contribution in [2.45, 2.75) is 6.92 Å². The molecule has 2 aromatic rings. The second-order valence-corrected chi connectivity index (χ2v) is 5.32. The molecular weight excluding hydrogens is 338 g/mol. The zero-order chi connectivity index (χ0) is 15.6. The monoisotopic (exact) mass is 349 g/mol. The minimum Gasteiger partial charge on any atom is -0.393 e. The first-order valence-electron chi connectivity index (χ1n) is 6.00. The Morgan fingerprint density at radius 3 is 2.67 bits per heavy atom. The van der Waals surface area contributed by atoms with E-state index in [0.717, 1.165) is 16.1 Å². The zero-order valence-electron chi connectivity index (χ0n) is 11.1. The summed E-state index contributed by atoms with van der Waals surface area (Å²) in [5, 5.41) is 13.5. The van der Waals surface area contributed by atoms with Crippen molar-refractivity contribution in [1.82, 2.24) is 0 Å². The minimum atomic E-state index is -0.616. The number of nitrogens with one attached hydrogen (secondary N) is 1. The third-order valence-corrected chi connectivity index (χ3v) is 3.55. The van der Waals surface area contributed by atoms with Crippen molar-refractivity contribution in [1.29, 1.82) is 0 Å². The molecule has 0 aliphatic carbocycles. The molecule has 0 saturated carbocycles. The molecule has 0 atom stereocenters. The van der Waals surface area contributed by atoms with Crippen LogP contribution >= 0.6 is 15.9 Å². The molecule has 3 N–H and O–H groups in total. The highest BCUT2D eigenvalue weighted by Gasteiger charge is 2.16. The van der Waals surface area contributed by atoms with E-state index in [1.54, 1.807) is 6.07 Å². The normalized spacial score (nSPS) is 10.2. The first kappa shape index (κ1) is 15.0. The Morgan fingerprint density at radius 1 is 1.29 bits per heavy atom. The molecule has 2 aromatic carbocycles. The number of carbonyl (C=O) groups is 1. The third-order valence-electron chi connectivity index (χ3n) is 2.86. The quantitative estimate of drug-likeness (QED) is 0.503. The summed E-state index contributed by atoms with van der Waals surface area (Å²) in [5.74, 6) is -0.440. The van der Waals surface area contributed by atoms with Crippen molar-refractivity contribution in [2.24, 2.45) is 0 Å². The van der Waals surface area contributed by atoms with E-state index in [0.29, 0.717) is 5.69 Å². The van der Waals surface area contributed by atoms with Crippen molar-refractivity contribution in [3.63, 3.8) is 0 Å². The molecule has 0 aliphatic heterocycles. The van der Waals surface area contributed by atoms with Gasteiger partial charge in [0.05, 0.1) is 10.6 Å². The highest BCUT2D eigenvalue weighted by Crippen LogP contribution is 2.26. The second kappa shape index (κ2) is 5.92. The summed E-state index contributed by atoms with van der Waals surface area (Å²) in [6, 6.07) is 9.46. The van der Waals surface area contributed by atoms with E-state index in [1.165, 1.54) is 12.1 Å². The number of amides is 1. The van der Waals surface area contributed by atoms with E-state index in [9.17, 15) is 14.9 Å². The highest BCUT2D eigenvalue weighted by atomic mass is 79.9. The second-order valence-electron chi connectivity index (χ2n) is 4.47. The molecular formula is C14H12BrN3O3. The van der Waals surface area contributed by atoms with Gasteiger partial charge in [0.15, 0.2) is 0 Å². The Bertz CT molecular complexity index is 731. The van der Waals surface area contributed by atoms with Crippen molar-refractivity contribution in [3.8, 4) is 0 Å². The van der Waals surface area contributed by atoms with Crippen LogP contribution in [0.1, 0.15) is 15.9 Å². The van der Waals surface area contributed by atoms with Crippen LogP contribution in [-0.4, -0.2) is 10.8 Å². The van der Waals surface area contributed by atoms with E-state index < -0.39 is 10.8 Å². The van der Waals surface area contributed by atoms with Gasteiger partial charge in [-0.15, -0.1) is 0 Å². The molecule has 2 rings (SSSR count). The molecule has 0 spiro atoms. The number of nitro groups is 1. The molecule has 0 radical (unpaired) electrons. The van der Waals surface area contributed by atoms with Gasteiger partial charge in [0.1, 0.15) is 5.69 Å². The number of nitro benzene ring substituents is 1. The van der Waals surface area contributed by atoms with Gasteiger partial charge in [-0.05, 0) is 52.7 Å². The van der Waals surface area contributed by atoms with Crippen molar-refractivity contribution in [2.75, 3.05) is 11.1 Å². The fourth-order valence-corrected chi connectivity index (χ4v) is 2.12. The van der Waals surface area contributed by atoms with Gasteiger partial charge in [-0.25, -0.2) is 0 Å². The largest absolute Gasteiger partial charge is 0.393 e. The van der Waals surface area contributed by atoms with E-state index in [4.69, 9.17) is 5.73 Å². The number of nitrogens with zero attached hydrogens (tertiary/aromatic N) is 1. The Kier molecular flexibility index (Phi) is 4.23. The van der Waals surface area contributed by atoms with Gasteiger partial charge in [0.2, 0.25) is 0 Å². The third kappa shape index (κ3) is 3.38. The average Bonchev–Trinajstić information content (AvgIpc) is 2.43. The van der Waals surface area contributed by atoms with Crippen LogP contribution in [0.3, 0.4) is 0 Å². The Labute approximate surface area is 129 Å². The number of nitrogen functional groups attached to an aromatic ring is 1. The van der Waals surface area contributed by atoms with Crippen LogP contribution in [0, 0.1) is 17.0 Å². The van der Waals surface area contributed by atoms with Gasteiger partial charge in [-0.3, -0.25) is 14.9 Å². The lowest BCUT2D eigenvalue weighted by Gasteiger charge is -2.08. The van der Waals surface area contributed by atoms with Gasteiger partial charge < -0.3 is 11.1 Å². The lowest BCUT2D eigenvalue weighted by atomic mass is 10.1. The fourth-order valence-electron chi connectivity index (χ4n) is 1.77. The SMILES string of the molecule is Cc1ccc(Br)c(NC(=O)c2ccc(N)c([N+](=O)[O-])c2)c1. The minimum absolute atomic E-state index is 0.0216.